The smallest absolute Gasteiger partial charge is 0.227 e. The van der Waals surface area contributed by atoms with Crippen LogP contribution in [0.4, 0.5) is 0 Å². The topological polar surface area (TPSA) is 68.6 Å². The molecule has 1 aromatic carbocycles. The zero-order chi connectivity index (χ0) is 24.1. The number of pyridine rings is 2. The molecule has 4 heterocycles. The zero-order valence-corrected chi connectivity index (χ0v) is 20.8. The summed E-state index contributed by atoms with van der Waals surface area (Å²) in [7, 11) is 2.05. The predicted octanol–water partition coefficient (Wildman–Crippen LogP) is 6.19. The van der Waals surface area contributed by atoms with E-state index in [2.05, 4.69) is 87.7 Å². The van der Waals surface area contributed by atoms with Gasteiger partial charge < -0.3 is 4.42 Å². The largest absolute Gasteiger partial charge is 0.437 e. The first-order chi connectivity index (χ1) is 16.2. The number of nitrogens with zero attached hydrogens (tertiary/aromatic N) is 5. The summed E-state index contributed by atoms with van der Waals surface area (Å²) in [5.41, 5.74) is 6.64. The van der Waals surface area contributed by atoms with Crippen molar-refractivity contribution in [3.8, 4) is 22.6 Å². The molecule has 0 saturated carbocycles. The summed E-state index contributed by atoms with van der Waals surface area (Å²) in [6.45, 7) is 12.5. The monoisotopic (exact) mass is 452 g/mol. The Balaban J connectivity index is 1.75. The van der Waals surface area contributed by atoms with E-state index in [1.54, 1.807) is 0 Å². The van der Waals surface area contributed by atoms with Crippen LogP contribution in [-0.2, 0) is 7.05 Å². The fraction of sp³-hybridized carbons (Fsp3) is 0.321. The van der Waals surface area contributed by atoms with Gasteiger partial charge in [0.05, 0.1) is 5.56 Å². The Labute approximate surface area is 199 Å². The lowest BCUT2D eigenvalue weighted by molar-refractivity contribution is -0.660. The maximum absolute atomic E-state index is 6.34. The molecule has 6 heteroatoms. The van der Waals surface area contributed by atoms with Gasteiger partial charge in [0, 0.05) is 46.0 Å². The highest BCUT2D eigenvalue weighted by Crippen LogP contribution is 2.37. The van der Waals surface area contributed by atoms with Crippen LogP contribution >= 0.6 is 0 Å². The van der Waals surface area contributed by atoms with E-state index in [9.17, 15) is 0 Å². The molecule has 0 aliphatic rings. The van der Waals surface area contributed by atoms with Crippen molar-refractivity contribution in [3.63, 3.8) is 0 Å². The van der Waals surface area contributed by atoms with E-state index in [-0.39, 0.29) is 11.8 Å². The summed E-state index contributed by atoms with van der Waals surface area (Å²) in [6.07, 6.45) is 2.06. The summed E-state index contributed by atoms with van der Waals surface area (Å²) in [5.74, 6) is 2.79. The summed E-state index contributed by atoms with van der Waals surface area (Å²) >= 11 is 0. The average Bonchev–Trinajstić information content (AvgIpc) is 3.16. The minimum absolute atomic E-state index is 0.223. The number of fused-ring (bicyclic) bond motifs is 3. The quantitative estimate of drug-likeness (QED) is 0.304. The molecular formula is C28H30N5O+. The molecule has 0 amide bonds. The lowest BCUT2D eigenvalue weighted by Gasteiger charge is -2.12. The maximum atomic E-state index is 6.34. The minimum Gasteiger partial charge on any atom is -0.437 e. The van der Waals surface area contributed by atoms with Gasteiger partial charge in [-0.2, -0.15) is 0 Å². The molecule has 0 unspecified atom stereocenters. The van der Waals surface area contributed by atoms with Crippen molar-refractivity contribution in [2.45, 2.75) is 53.4 Å². The van der Waals surface area contributed by atoms with Crippen LogP contribution in [0.25, 0.3) is 44.7 Å². The highest BCUT2D eigenvalue weighted by atomic mass is 16.3. The summed E-state index contributed by atoms with van der Waals surface area (Å²) in [6, 6.07) is 12.6. The Morgan fingerprint density at radius 1 is 0.794 bits per heavy atom. The molecule has 0 saturated heterocycles. The number of furan rings is 1. The van der Waals surface area contributed by atoms with E-state index in [1.165, 1.54) is 0 Å². The van der Waals surface area contributed by atoms with Gasteiger partial charge in [-0.05, 0) is 31.5 Å². The fourth-order valence-corrected chi connectivity index (χ4v) is 4.24. The van der Waals surface area contributed by atoms with Gasteiger partial charge >= 0.3 is 0 Å². The fourth-order valence-electron chi connectivity index (χ4n) is 4.24. The van der Waals surface area contributed by atoms with Gasteiger partial charge in [0.15, 0.2) is 17.6 Å². The van der Waals surface area contributed by atoms with Gasteiger partial charge in [-0.1, -0.05) is 39.8 Å². The Morgan fingerprint density at radius 2 is 1.47 bits per heavy atom. The molecule has 6 nitrogen and oxygen atoms in total. The van der Waals surface area contributed by atoms with Crippen molar-refractivity contribution in [1.29, 1.82) is 0 Å². The molecule has 4 aromatic heterocycles. The van der Waals surface area contributed by atoms with Crippen molar-refractivity contribution in [2.24, 2.45) is 7.05 Å². The SMILES string of the molecule is Cc1ccc2c(n1)oc1c(-c3cc(-c4nc(C(C)C)nc(C(C)C)n4)cc[n+]3C)c(C)ccc12. The molecule has 0 spiro atoms. The summed E-state index contributed by atoms with van der Waals surface area (Å²) < 4.78 is 8.45. The molecule has 0 N–H and O–H groups in total. The zero-order valence-electron chi connectivity index (χ0n) is 20.8. The van der Waals surface area contributed by atoms with Gasteiger partial charge in [0.2, 0.25) is 11.4 Å². The second-order valence-corrected chi connectivity index (χ2v) is 9.64. The van der Waals surface area contributed by atoms with Crippen LogP contribution < -0.4 is 4.57 Å². The van der Waals surface area contributed by atoms with E-state index in [0.29, 0.717) is 11.5 Å². The second-order valence-electron chi connectivity index (χ2n) is 9.64. The molecule has 0 aliphatic carbocycles. The van der Waals surface area contributed by atoms with Crippen LogP contribution in [0.2, 0.25) is 0 Å². The van der Waals surface area contributed by atoms with Crippen molar-refractivity contribution in [1.82, 2.24) is 19.9 Å². The highest BCUT2D eigenvalue weighted by molar-refractivity contribution is 6.08. The number of hydrogen-bond acceptors (Lipinski definition) is 5. The molecule has 0 aliphatic heterocycles. The molecule has 0 fully saturated rings. The minimum atomic E-state index is 0.223. The standard InChI is InChI=1S/C28H30N5O/c1-15(2)25-30-26(16(3)4)32-27(31-25)19-12-13-33(7)22(14-19)23-17(5)8-10-20-21-11-9-18(6)29-28(21)34-24(20)23/h8-16H,1-7H3/q+1. The van der Waals surface area contributed by atoms with Gasteiger partial charge in [0.25, 0.3) is 0 Å². The Kier molecular flexibility index (Phi) is 5.39. The number of aryl methyl sites for hydroxylation is 3. The van der Waals surface area contributed by atoms with Crippen LogP contribution in [-0.4, -0.2) is 19.9 Å². The Hall–Kier alpha value is -3.67. The molecular weight excluding hydrogens is 422 g/mol. The third kappa shape index (κ3) is 3.73. The van der Waals surface area contributed by atoms with Crippen LogP contribution in [0.15, 0.2) is 47.0 Å². The first-order valence-corrected chi connectivity index (χ1v) is 11.8. The van der Waals surface area contributed by atoms with Crippen LogP contribution in [0.1, 0.15) is 62.4 Å². The summed E-state index contributed by atoms with van der Waals surface area (Å²) in [5, 5.41) is 2.10. The lowest BCUT2D eigenvalue weighted by Crippen LogP contribution is -2.30. The molecule has 172 valence electrons. The van der Waals surface area contributed by atoms with E-state index < -0.39 is 0 Å². The van der Waals surface area contributed by atoms with E-state index in [1.807, 2.05) is 13.0 Å². The third-order valence-electron chi connectivity index (χ3n) is 6.22. The molecule has 5 rings (SSSR count). The summed E-state index contributed by atoms with van der Waals surface area (Å²) in [4.78, 5) is 18.9. The van der Waals surface area contributed by atoms with Gasteiger partial charge in [0.1, 0.15) is 18.7 Å². The maximum Gasteiger partial charge on any atom is 0.227 e. The number of aromatic nitrogens is 5. The van der Waals surface area contributed by atoms with Crippen molar-refractivity contribution in [3.05, 3.63) is 65.5 Å². The van der Waals surface area contributed by atoms with Crippen LogP contribution in [0, 0.1) is 13.8 Å². The number of hydrogen-bond donors (Lipinski definition) is 0. The van der Waals surface area contributed by atoms with Crippen molar-refractivity contribution in [2.75, 3.05) is 0 Å². The van der Waals surface area contributed by atoms with Crippen LogP contribution in [0.5, 0.6) is 0 Å². The van der Waals surface area contributed by atoms with E-state index in [4.69, 9.17) is 19.4 Å². The van der Waals surface area contributed by atoms with Gasteiger partial charge in [-0.3, -0.25) is 0 Å². The van der Waals surface area contributed by atoms with Crippen LogP contribution in [0.3, 0.4) is 0 Å². The molecule has 5 aromatic rings. The van der Waals surface area contributed by atoms with Crippen molar-refractivity contribution < 1.29 is 8.98 Å². The lowest BCUT2D eigenvalue weighted by atomic mass is 9.99. The van der Waals surface area contributed by atoms with E-state index >= 15 is 0 Å². The number of benzene rings is 1. The third-order valence-corrected chi connectivity index (χ3v) is 6.22. The number of rotatable bonds is 4. The van der Waals surface area contributed by atoms with E-state index in [0.717, 1.165) is 56.1 Å². The average molecular weight is 453 g/mol. The van der Waals surface area contributed by atoms with Gasteiger partial charge in [-0.15, -0.1) is 0 Å². The predicted molar refractivity (Wildman–Crippen MR) is 135 cm³/mol. The molecule has 0 radical (unpaired) electrons. The Morgan fingerprint density at radius 3 is 2.15 bits per heavy atom. The van der Waals surface area contributed by atoms with Crippen molar-refractivity contribution >= 4 is 22.1 Å². The molecule has 0 atom stereocenters. The second kappa shape index (κ2) is 8.28. The highest BCUT2D eigenvalue weighted by Gasteiger charge is 2.23. The molecule has 0 bridgehead atoms. The van der Waals surface area contributed by atoms with Gasteiger partial charge in [-0.25, -0.2) is 24.5 Å². The molecule has 34 heavy (non-hydrogen) atoms. The first kappa shape index (κ1) is 22.1. The Bertz CT molecular complexity index is 1520. The first-order valence-electron chi connectivity index (χ1n) is 11.8. The normalized spacial score (nSPS) is 11.9.